The predicted octanol–water partition coefficient (Wildman–Crippen LogP) is 1.13. The van der Waals surface area contributed by atoms with Crippen molar-refractivity contribution < 1.29 is 4.74 Å². The van der Waals surface area contributed by atoms with Gasteiger partial charge in [0.15, 0.2) is 5.13 Å². The Morgan fingerprint density at radius 3 is 3.16 bits per heavy atom. The van der Waals surface area contributed by atoms with Crippen molar-refractivity contribution in [2.75, 3.05) is 52.7 Å². The lowest BCUT2D eigenvalue weighted by Crippen LogP contribution is -2.29. The van der Waals surface area contributed by atoms with E-state index in [2.05, 4.69) is 21.8 Å². The maximum absolute atomic E-state index is 5.65. The van der Waals surface area contributed by atoms with Crippen LogP contribution in [0.1, 0.15) is 11.3 Å². The van der Waals surface area contributed by atoms with Crippen molar-refractivity contribution in [3.8, 4) is 0 Å². The van der Waals surface area contributed by atoms with Crippen LogP contribution in [-0.4, -0.2) is 61.7 Å². The van der Waals surface area contributed by atoms with Crippen molar-refractivity contribution in [2.45, 2.75) is 13.0 Å². The molecule has 0 unspecified atom stereocenters. The van der Waals surface area contributed by atoms with E-state index in [0.717, 1.165) is 32.2 Å². The van der Waals surface area contributed by atoms with E-state index in [1.807, 2.05) is 6.20 Å². The minimum Gasteiger partial charge on any atom is -0.383 e. The van der Waals surface area contributed by atoms with E-state index in [4.69, 9.17) is 10.5 Å². The number of aromatic nitrogens is 1. The third-order valence-electron chi connectivity index (χ3n) is 3.55. The lowest BCUT2D eigenvalue weighted by molar-refractivity contribution is 0.157. The molecule has 1 aromatic heterocycles. The molecule has 0 radical (unpaired) electrons. The third-order valence-corrected chi connectivity index (χ3v) is 4.36. The topological polar surface area (TPSA) is 54.6 Å². The molecule has 1 atom stereocenters. The maximum Gasteiger partial charge on any atom is 0.180 e. The summed E-state index contributed by atoms with van der Waals surface area (Å²) < 4.78 is 5.13. The molecule has 1 fully saturated rings. The van der Waals surface area contributed by atoms with Crippen molar-refractivity contribution >= 4 is 16.5 Å². The number of ether oxygens (including phenoxy) is 1. The molecule has 1 saturated heterocycles. The van der Waals surface area contributed by atoms with Gasteiger partial charge in [0.1, 0.15) is 0 Å². The van der Waals surface area contributed by atoms with Gasteiger partial charge in [-0.15, -0.1) is 11.3 Å². The fourth-order valence-corrected chi connectivity index (χ4v) is 3.42. The van der Waals surface area contributed by atoms with Gasteiger partial charge in [-0.3, -0.25) is 0 Å². The predicted molar refractivity (Wildman–Crippen MR) is 79.3 cm³/mol. The van der Waals surface area contributed by atoms with Gasteiger partial charge < -0.3 is 20.3 Å². The Morgan fingerprint density at radius 2 is 2.47 bits per heavy atom. The highest BCUT2D eigenvalue weighted by molar-refractivity contribution is 7.15. The van der Waals surface area contributed by atoms with Gasteiger partial charge >= 0.3 is 0 Å². The molecule has 1 aliphatic rings. The van der Waals surface area contributed by atoms with E-state index < -0.39 is 0 Å². The van der Waals surface area contributed by atoms with Crippen molar-refractivity contribution in [3.05, 3.63) is 11.1 Å². The molecule has 6 heteroatoms. The van der Waals surface area contributed by atoms with Gasteiger partial charge in [0, 0.05) is 44.4 Å². The number of rotatable bonds is 7. The van der Waals surface area contributed by atoms with E-state index in [9.17, 15) is 0 Å². The van der Waals surface area contributed by atoms with E-state index in [1.165, 1.54) is 24.4 Å². The van der Waals surface area contributed by atoms with E-state index in [1.54, 1.807) is 18.4 Å². The summed E-state index contributed by atoms with van der Waals surface area (Å²) >= 11 is 1.58. The standard InChI is InChI=1S/C13H24N4OS/c1-16(10-12-7-15-13(14)19-12)8-11-3-4-17(9-11)5-6-18-2/h7,11H,3-6,8-10H2,1-2H3,(H2,14,15)/t11-/m1/s1. The number of hydrogen-bond donors (Lipinski definition) is 1. The molecule has 0 aliphatic carbocycles. The van der Waals surface area contributed by atoms with Crippen LogP contribution < -0.4 is 5.73 Å². The van der Waals surface area contributed by atoms with Crippen molar-refractivity contribution in [1.29, 1.82) is 0 Å². The molecule has 2 rings (SSSR count). The summed E-state index contributed by atoms with van der Waals surface area (Å²) in [6.07, 6.45) is 3.18. The van der Waals surface area contributed by atoms with Crippen LogP contribution in [-0.2, 0) is 11.3 Å². The van der Waals surface area contributed by atoms with Crippen LogP contribution in [0.15, 0.2) is 6.20 Å². The number of nitrogens with zero attached hydrogens (tertiary/aromatic N) is 3. The number of nitrogens with two attached hydrogens (primary N) is 1. The number of anilines is 1. The Bertz CT molecular complexity index is 384. The smallest absolute Gasteiger partial charge is 0.180 e. The van der Waals surface area contributed by atoms with Gasteiger partial charge in [-0.05, 0) is 25.9 Å². The van der Waals surface area contributed by atoms with E-state index >= 15 is 0 Å². The zero-order valence-electron chi connectivity index (χ0n) is 11.8. The van der Waals surface area contributed by atoms with Crippen LogP contribution in [0.2, 0.25) is 0 Å². The number of likely N-dealkylation sites (tertiary alicyclic amines) is 1. The fourth-order valence-electron chi connectivity index (χ4n) is 2.65. The number of nitrogen functional groups attached to an aromatic ring is 1. The van der Waals surface area contributed by atoms with Crippen LogP contribution in [0.25, 0.3) is 0 Å². The highest BCUT2D eigenvalue weighted by Gasteiger charge is 2.23. The van der Waals surface area contributed by atoms with E-state index in [0.29, 0.717) is 5.13 Å². The van der Waals surface area contributed by atoms with Crippen LogP contribution in [0.3, 0.4) is 0 Å². The molecule has 2 heterocycles. The average Bonchev–Trinajstić information content (AvgIpc) is 2.96. The largest absolute Gasteiger partial charge is 0.383 e. The summed E-state index contributed by atoms with van der Waals surface area (Å²) in [6, 6.07) is 0. The Morgan fingerprint density at radius 1 is 1.63 bits per heavy atom. The molecule has 0 amide bonds. The molecule has 0 spiro atoms. The van der Waals surface area contributed by atoms with Gasteiger partial charge in [0.05, 0.1) is 6.61 Å². The highest BCUT2D eigenvalue weighted by atomic mass is 32.1. The van der Waals surface area contributed by atoms with Crippen molar-refractivity contribution in [1.82, 2.24) is 14.8 Å². The lowest BCUT2D eigenvalue weighted by atomic mass is 10.1. The molecular weight excluding hydrogens is 260 g/mol. The molecule has 0 bridgehead atoms. The second-order valence-electron chi connectivity index (χ2n) is 5.31. The first-order valence-corrected chi connectivity index (χ1v) is 7.59. The number of hydrogen-bond acceptors (Lipinski definition) is 6. The quantitative estimate of drug-likeness (QED) is 0.813. The fraction of sp³-hybridized carbons (Fsp3) is 0.769. The van der Waals surface area contributed by atoms with Gasteiger partial charge in [0.2, 0.25) is 0 Å². The van der Waals surface area contributed by atoms with Crippen LogP contribution in [0.4, 0.5) is 5.13 Å². The molecule has 0 aromatic carbocycles. The molecule has 108 valence electrons. The Balaban J connectivity index is 1.70. The van der Waals surface area contributed by atoms with Crippen LogP contribution >= 0.6 is 11.3 Å². The lowest BCUT2D eigenvalue weighted by Gasteiger charge is -2.20. The highest BCUT2D eigenvalue weighted by Crippen LogP contribution is 2.20. The number of thiazole rings is 1. The molecule has 1 aliphatic heterocycles. The van der Waals surface area contributed by atoms with Gasteiger partial charge in [-0.2, -0.15) is 0 Å². The third kappa shape index (κ3) is 4.72. The second-order valence-corrected chi connectivity index (χ2v) is 6.46. The summed E-state index contributed by atoms with van der Waals surface area (Å²) in [5.74, 6) is 0.770. The Kier molecular flexibility index (Phi) is 5.57. The minimum absolute atomic E-state index is 0.662. The molecular formula is C13H24N4OS. The summed E-state index contributed by atoms with van der Waals surface area (Å²) in [4.78, 5) is 10.2. The average molecular weight is 284 g/mol. The molecule has 19 heavy (non-hydrogen) atoms. The first kappa shape index (κ1) is 14.7. The van der Waals surface area contributed by atoms with E-state index in [-0.39, 0.29) is 0 Å². The Hall–Kier alpha value is -0.690. The van der Waals surface area contributed by atoms with Gasteiger partial charge in [-0.25, -0.2) is 4.98 Å². The van der Waals surface area contributed by atoms with Crippen molar-refractivity contribution in [3.63, 3.8) is 0 Å². The summed E-state index contributed by atoms with van der Waals surface area (Å²) in [7, 11) is 3.94. The summed E-state index contributed by atoms with van der Waals surface area (Å²) in [5.41, 5.74) is 5.65. The maximum atomic E-state index is 5.65. The zero-order valence-corrected chi connectivity index (χ0v) is 12.7. The Labute approximate surface area is 119 Å². The van der Waals surface area contributed by atoms with Crippen LogP contribution in [0.5, 0.6) is 0 Å². The molecule has 2 N–H and O–H groups in total. The second kappa shape index (κ2) is 7.19. The number of methoxy groups -OCH3 is 1. The SMILES string of the molecule is COCCN1CC[C@H](CN(C)Cc2cnc(N)s2)C1. The first-order valence-electron chi connectivity index (χ1n) is 6.77. The van der Waals surface area contributed by atoms with Crippen LogP contribution in [0, 0.1) is 5.92 Å². The van der Waals surface area contributed by atoms with Gasteiger partial charge in [0.25, 0.3) is 0 Å². The molecule has 5 nitrogen and oxygen atoms in total. The summed E-state index contributed by atoms with van der Waals surface area (Å²) in [5, 5.41) is 0.662. The van der Waals surface area contributed by atoms with Crippen molar-refractivity contribution in [2.24, 2.45) is 5.92 Å². The molecule has 1 aromatic rings. The van der Waals surface area contributed by atoms with Gasteiger partial charge in [-0.1, -0.05) is 0 Å². The normalized spacial score (nSPS) is 20.5. The first-order chi connectivity index (χ1) is 9.17. The monoisotopic (exact) mass is 284 g/mol. The molecule has 0 saturated carbocycles. The minimum atomic E-state index is 0.662. The summed E-state index contributed by atoms with van der Waals surface area (Å²) in [6.45, 7) is 6.38. The zero-order chi connectivity index (χ0) is 13.7.